The van der Waals surface area contributed by atoms with E-state index in [1.807, 2.05) is 24.3 Å². The molecule has 0 aromatic heterocycles. The summed E-state index contributed by atoms with van der Waals surface area (Å²) in [6, 6.07) is 49.9. The van der Waals surface area contributed by atoms with Gasteiger partial charge < -0.3 is 4.55 Å². The first-order chi connectivity index (χ1) is 25.9. The predicted molar refractivity (Wildman–Crippen MR) is 234 cm³/mol. The fourth-order valence-electron chi connectivity index (χ4n) is 8.69. The van der Waals surface area contributed by atoms with E-state index >= 15 is 0 Å². The number of hydrogen-bond donors (Lipinski definition) is 0. The molecule has 0 aliphatic heterocycles. The molecule has 3 fully saturated rings. The van der Waals surface area contributed by atoms with Gasteiger partial charge in [0.05, 0.1) is 35.0 Å². The summed E-state index contributed by atoms with van der Waals surface area (Å²) >= 11 is 0. The van der Waals surface area contributed by atoms with Crippen molar-refractivity contribution < 1.29 is 29.5 Å². The summed E-state index contributed by atoms with van der Waals surface area (Å²) in [6.45, 7) is 0. The predicted octanol–water partition coefficient (Wildman–Crippen LogP) is 11.2. The standard InChI is InChI=1S/C18H33P.C18H15P.C10H7.CH4O3S.Ni/c2*1-4-10-16(11-5-1)19(17-12-6-2-7-13-17)18-14-8-3-9-15-18;1-2-6-10-8-4-3-7-9(10)5-1;1-5(2,3)4;/h16-18H,1-15H2;1-15H;1-7H;1H3,(H,2,3,4);/q;;-1;;+2/p+1. The number of hydrogen-bond acceptors (Lipinski definition) is 3. The first kappa shape index (κ1) is 44.3. The molecule has 3 nitrogen and oxygen atoms in total. The minimum Gasteiger partial charge on any atom is -0.748 e. The van der Waals surface area contributed by atoms with Crippen molar-refractivity contribution in [2.45, 2.75) is 113 Å². The quantitative estimate of drug-likeness (QED) is 0.0742. The average molecular weight is 826 g/mol. The van der Waals surface area contributed by atoms with Gasteiger partial charge in [0.25, 0.3) is 0 Å². The van der Waals surface area contributed by atoms with Crippen LogP contribution in [0.1, 0.15) is 96.3 Å². The number of fused-ring (bicyclic) bond motifs is 1. The summed E-state index contributed by atoms with van der Waals surface area (Å²) in [6.07, 6.45) is 24.4. The van der Waals surface area contributed by atoms with Gasteiger partial charge in [-0.2, -0.15) is 0 Å². The van der Waals surface area contributed by atoms with Crippen molar-refractivity contribution in [3.63, 3.8) is 0 Å². The maximum absolute atomic E-state index is 9.08. The molecule has 0 unspecified atom stereocenters. The van der Waals surface area contributed by atoms with Gasteiger partial charge in [-0.3, -0.25) is 0 Å². The van der Waals surface area contributed by atoms with E-state index in [0.29, 0.717) is 6.26 Å². The van der Waals surface area contributed by atoms with Gasteiger partial charge in [0, 0.05) is 14.2 Å². The van der Waals surface area contributed by atoms with E-state index in [-0.39, 0.29) is 24.4 Å². The number of rotatable bonds is 6. The molecule has 0 N–H and O–H groups in total. The van der Waals surface area contributed by atoms with Crippen LogP contribution in [0.15, 0.2) is 133 Å². The van der Waals surface area contributed by atoms with Crippen molar-refractivity contribution in [1.82, 2.24) is 0 Å². The summed E-state index contributed by atoms with van der Waals surface area (Å²) in [5, 5.41) is 6.75. The van der Waals surface area contributed by atoms with Crippen LogP contribution in [0.3, 0.4) is 0 Å². The number of benzene rings is 5. The Morgan fingerprint density at radius 2 is 0.815 bits per heavy atom. The summed E-state index contributed by atoms with van der Waals surface area (Å²) < 4.78 is 27.2. The fraction of sp³-hybridized carbons (Fsp3) is 0.404. The van der Waals surface area contributed by atoms with Gasteiger partial charge in [-0.05, 0) is 113 Å². The molecule has 3 aliphatic carbocycles. The molecule has 0 bridgehead atoms. The van der Waals surface area contributed by atoms with Gasteiger partial charge in [-0.1, -0.05) is 86.0 Å². The van der Waals surface area contributed by atoms with Crippen LogP contribution in [0.2, 0.25) is 0 Å². The summed E-state index contributed by atoms with van der Waals surface area (Å²) in [4.78, 5) is 0. The van der Waals surface area contributed by atoms with Crippen molar-refractivity contribution in [2.24, 2.45) is 0 Å². The Hall–Kier alpha value is -2.38. The molecule has 0 radical (unpaired) electrons. The molecule has 5 aromatic carbocycles. The minimum absolute atomic E-state index is 0. The average Bonchev–Trinajstić information content (AvgIpc) is 3.21. The van der Waals surface area contributed by atoms with Crippen molar-refractivity contribution in [2.75, 3.05) is 6.26 Å². The Labute approximate surface area is 339 Å². The van der Waals surface area contributed by atoms with Gasteiger partial charge in [-0.25, -0.2) is 8.42 Å². The van der Waals surface area contributed by atoms with E-state index in [2.05, 4.69) is 115 Å². The molecule has 3 aliphatic rings. The normalized spacial score (nSPS) is 16.8. The smallest absolute Gasteiger partial charge is 0.748 e. The van der Waals surface area contributed by atoms with Crippen molar-refractivity contribution in [1.29, 1.82) is 0 Å². The Kier molecular flexibility index (Phi) is 20.0. The molecule has 0 atom stereocenters. The maximum Gasteiger partial charge on any atom is 2.00 e. The molecule has 8 rings (SSSR count). The van der Waals surface area contributed by atoms with Crippen LogP contribution >= 0.6 is 15.8 Å². The van der Waals surface area contributed by atoms with E-state index in [1.165, 1.54) is 43.7 Å². The second-order valence-electron chi connectivity index (χ2n) is 14.9. The third-order valence-corrected chi connectivity index (χ3v) is 18.3. The van der Waals surface area contributed by atoms with E-state index < -0.39 is 18.0 Å². The zero-order chi connectivity index (χ0) is 37.1. The zero-order valence-electron chi connectivity index (χ0n) is 32.0. The topological polar surface area (TPSA) is 57.2 Å². The van der Waals surface area contributed by atoms with Crippen LogP contribution < -0.4 is 15.9 Å². The van der Waals surface area contributed by atoms with Crippen molar-refractivity contribution >= 4 is 52.6 Å². The Morgan fingerprint density at radius 1 is 0.500 bits per heavy atom. The van der Waals surface area contributed by atoms with Gasteiger partial charge >= 0.3 is 16.5 Å². The summed E-state index contributed by atoms with van der Waals surface area (Å²) in [7, 11) is -4.84. The Morgan fingerprint density at radius 3 is 1.17 bits per heavy atom. The second-order valence-corrected chi connectivity index (χ2v) is 22.3. The molecule has 0 amide bonds. The fourth-order valence-corrected chi connectivity index (χ4v) is 16.5. The first-order valence-corrected chi connectivity index (χ1v) is 25.1. The van der Waals surface area contributed by atoms with Crippen LogP contribution in [-0.4, -0.2) is 36.2 Å². The molecule has 54 heavy (non-hydrogen) atoms. The molecule has 7 heteroatoms. The SMILES string of the molecule is C1CCC([PH+](C2CCCCC2)C2CCCCC2)CC1.CS(=O)(=O)[O-].[Ni+2].[c-]1cccc2ccccc12.c1ccc([PH+](c2ccccc2)c2ccccc2)cc1. The Balaban J connectivity index is 0.000000175. The van der Waals surface area contributed by atoms with Gasteiger partial charge in [0.2, 0.25) is 0 Å². The van der Waals surface area contributed by atoms with E-state index in [0.717, 1.165) is 0 Å². The Bertz CT molecular complexity index is 1610. The maximum atomic E-state index is 9.08. The molecular formula is C47H60NiO3P2S+2. The van der Waals surface area contributed by atoms with Gasteiger partial charge in [-0.15, -0.1) is 47.2 Å². The monoisotopic (exact) mass is 824 g/mol. The van der Waals surface area contributed by atoms with Crippen LogP contribution in [0.25, 0.3) is 10.8 Å². The molecule has 0 heterocycles. The van der Waals surface area contributed by atoms with E-state index in [4.69, 9.17) is 13.0 Å². The van der Waals surface area contributed by atoms with Crippen LogP contribution in [-0.2, 0) is 26.6 Å². The first-order valence-electron chi connectivity index (χ1n) is 20.0. The van der Waals surface area contributed by atoms with Crippen molar-refractivity contribution in [3.05, 3.63) is 140 Å². The second kappa shape index (κ2) is 24.3. The molecule has 290 valence electrons. The summed E-state index contributed by atoms with van der Waals surface area (Å²) in [5.74, 6) is 0. The third kappa shape index (κ3) is 15.3. The van der Waals surface area contributed by atoms with Crippen molar-refractivity contribution in [3.8, 4) is 0 Å². The molecule has 3 saturated carbocycles. The van der Waals surface area contributed by atoms with Gasteiger partial charge in [0.1, 0.15) is 15.9 Å². The van der Waals surface area contributed by atoms with E-state index in [9.17, 15) is 0 Å². The molecule has 0 saturated heterocycles. The van der Waals surface area contributed by atoms with Gasteiger partial charge in [0.15, 0.2) is 0 Å². The van der Waals surface area contributed by atoms with Crippen LogP contribution in [0, 0.1) is 6.07 Å². The zero-order valence-corrected chi connectivity index (χ0v) is 35.8. The minimum atomic E-state index is -3.92. The summed E-state index contributed by atoms with van der Waals surface area (Å²) in [5.41, 5.74) is 3.68. The molecule has 0 spiro atoms. The largest absolute Gasteiger partial charge is 2.00 e. The van der Waals surface area contributed by atoms with E-state index in [1.54, 1.807) is 96.3 Å². The van der Waals surface area contributed by atoms with Crippen LogP contribution in [0.4, 0.5) is 0 Å². The van der Waals surface area contributed by atoms with Crippen LogP contribution in [0.5, 0.6) is 0 Å². The molecule has 5 aromatic rings. The molecular weight excluding hydrogens is 765 g/mol. The third-order valence-electron chi connectivity index (χ3n) is 11.0.